The zero-order valence-corrected chi connectivity index (χ0v) is 14.7. The first kappa shape index (κ1) is 16.9. The molecule has 5 heteroatoms. The lowest BCUT2D eigenvalue weighted by atomic mass is 9.94. The predicted molar refractivity (Wildman–Crippen MR) is 93.6 cm³/mol. The monoisotopic (exact) mass is 345 g/mol. The van der Waals surface area contributed by atoms with E-state index in [-0.39, 0.29) is 30.6 Å². The van der Waals surface area contributed by atoms with E-state index in [1.165, 1.54) is 17.5 Å². The van der Waals surface area contributed by atoms with Crippen molar-refractivity contribution in [2.24, 2.45) is 5.92 Å². The first-order valence-electron chi connectivity index (χ1n) is 9.52. The zero-order chi connectivity index (χ0) is 17.2. The van der Waals surface area contributed by atoms with Crippen LogP contribution in [0.5, 0.6) is 5.75 Å². The van der Waals surface area contributed by atoms with Gasteiger partial charge in [-0.25, -0.2) is 0 Å². The van der Waals surface area contributed by atoms with Gasteiger partial charge < -0.3 is 19.5 Å². The SMILES string of the molecule is O=C(COc1ccc2c(c1)CCC2)N1CCOC[C@@H]1[C@H]1CCC[C@@H]1O. The van der Waals surface area contributed by atoms with Gasteiger partial charge in [-0.3, -0.25) is 4.79 Å². The number of aliphatic hydroxyl groups is 1. The highest BCUT2D eigenvalue weighted by Crippen LogP contribution is 2.32. The molecule has 3 aliphatic rings. The first-order chi connectivity index (χ1) is 12.2. The summed E-state index contributed by atoms with van der Waals surface area (Å²) < 4.78 is 11.4. The lowest BCUT2D eigenvalue weighted by Crippen LogP contribution is -2.54. The van der Waals surface area contributed by atoms with Gasteiger partial charge in [0.2, 0.25) is 0 Å². The Morgan fingerprint density at radius 1 is 1.24 bits per heavy atom. The van der Waals surface area contributed by atoms with Gasteiger partial charge in [-0.15, -0.1) is 0 Å². The number of benzene rings is 1. The molecule has 5 nitrogen and oxygen atoms in total. The third kappa shape index (κ3) is 3.53. The van der Waals surface area contributed by atoms with Gasteiger partial charge in [-0.1, -0.05) is 12.5 Å². The van der Waals surface area contributed by atoms with E-state index in [0.717, 1.165) is 37.9 Å². The van der Waals surface area contributed by atoms with Gasteiger partial charge >= 0.3 is 0 Å². The first-order valence-corrected chi connectivity index (χ1v) is 9.52. The van der Waals surface area contributed by atoms with Crippen LogP contribution in [0.25, 0.3) is 0 Å². The summed E-state index contributed by atoms with van der Waals surface area (Å²) in [5.74, 6) is 0.900. The Labute approximate surface area is 148 Å². The number of ether oxygens (including phenoxy) is 2. The Balaban J connectivity index is 1.39. The normalized spacial score (nSPS) is 28.8. The van der Waals surface area contributed by atoms with Crippen molar-refractivity contribution in [2.75, 3.05) is 26.4 Å². The lowest BCUT2D eigenvalue weighted by Gasteiger charge is -2.40. The molecule has 2 fully saturated rings. The summed E-state index contributed by atoms with van der Waals surface area (Å²) >= 11 is 0. The number of hydrogen-bond donors (Lipinski definition) is 1. The van der Waals surface area contributed by atoms with Crippen LogP contribution in [0.1, 0.15) is 36.8 Å². The van der Waals surface area contributed by atoms with Crippen LogP contribution in [-0.4, -0.2) is 54.4 Å². The minimum Gasteiger partial charge on any atom is -0.484 e. The Hall–Kier alpha value is -1.59. The quantitative estimate of drug-likeness (QED) is 0.906. The van der Waals surface area contributed by atoms with Crippen LogP contribution in [0.4, 0.5) is 0 Å². The molecule has 1 heterocycles. The van der Waals surface area contributed by atoms with Crippen LogP contribution in [0, 0.1) is 5.92 Å². The number of aryl methyl sites for hydroxylation is 2. The molecular formula is C20H27NO4. The molecule has 4 rings (SSSR count). The maximum absolute atomic E-state index is 12.7. The summed E-state index contributed by atoms with van der Waals surface area (Å²) in [7, 11) is 0. The number of morpholine rings is 1. The Morgan fingerprint density at radius 3 is 2.96 bits per heavy atom. The van der Waals surface area contributed by atoms with Crippen LogP contribution in [-0.2, 0) is 22.4 Å². The fourth-order valence-corrected chi connectivity index (χ4v) is 4.57. The van der Waals surface area contributed by atoms with Gasteiger partial charge in [-0.05, 0) is 55.4 Å². The van der Waals surface area contributed by atoms with Crippen LogP contribution in [0.3, 0.4) is 0 Å². The molecule has 1 saturated heterocycles. The van der Waals surface area contributed by atoms with E-state index in [2.05, 4.69) is 12.1 Å². The highest BCUT2D eigenvalue weighted by Gasteiger charge is 2.39. The molecular weight excluding hydrogens is 318 g/mol. The molecule has 0 bridgehead atoms. The Morgan fingerprint density at radius 2 is 2.12 bits per heavy atom. The van der Waals surface area contributed by atoms with Crippen LogP contribution < -0.4 is 4.74 Å². The number of fused-ring (bicyclic) bond motifs is 1. The molecule has 0 radical (unpaired) electrons. The largest absolute Gasteiger partial charge is 0.484 e. The highest BCUT2D eigenvalue weighted by atomic mass is 16.5. The van der Waals surface area contributed by atoms with Crippen molar-refractivity contribution in [1.82, 2.24) is 4.90 Å². The fraction of sp³-hybridized carbons (Fsp3) is 0.650. The average molecular weight is 345 g/mol. The minimum absolute atomic E-state index is 0.00658. The molecule has 1 N–H and O–H groups in total. The van der Waals surface area contributed by atoms with Crippen molar-refractivity contribution in [3.05, 3.63) is 29.3 Å². The predicted octanol–water partition coefficient (Wildman–Crippen LogP) is 1.94. The molecule has 136 valence electrons. The fourth-order valence-electron chi connectivity index (χ4n) is 4.57. The second kappa shape index (κ2) is 7.34. The minimum atomic E-state index is -0.320. The van der Waals surface area contributed by atoms with Crippen molar-refractivity contribution in [3.8, 4) is 5.75 Å². The van der Waals surface area contributed by atoms with Gasteiger partial charge in [0.05, 0.1) is 25.4 Å². The van der Waals surface area contributed by atoms with E-state index in [0.29, 0.717) is 19.8 Å². The molecule has 1 aliphatic heterocycles. The van der Waals surface area contributed by atoms with Crippen molar-refractivity contribution < 1.29 is 19.4 Å². The highest BCUT2D eigenvalue weighted by molar-refractivity contribution is 5.78. The van der Waals surface area contributed by atoms with E-state index in [1.807, 2.05) is 11.0 Å². The zero-order valence-electron chi connectivity index (χ0n) is 14.7. The molecule has 1 aromatic carbocycles. The number of hydrogen-bond acceptors (Lipinski definition) is 4. The molecule has 1 amide bonds. The molecule has 2 aliphatic carbocycles. The number of nitrogens with zero attached hydrogens (tertiary/aromatic N) is 1. The number of carbonyl (C=O) groups is 1. The van der Waals surface area contributed by atoms with E-state index in [1.54, 1.807) is 0 Å². The number of amides is 1. The molecule has 1 saturated carbocycles. The average Bonchev–Trinajstić information content (AvgIpc) is 3.27. The van der Waals surface area contributed by atoms with Gasteiger partial charge in [-0.2, -0.15) is 0 Å². The third-order valence-corrected chi connectivity index (χ3v) is 5.94. The van der Waals surface area contributed by atoms with Crippen LogP contribution in [0.2, 0.25) is 0 Å². The topological polar surface area (TPSA) is 59.0 Å². The summed E-state index contributed by atoms with van der Waals surface area (Å²) in [4.78, 5) is 14.6. The van der Waals surface area contributed by atoms with Crippen molar-refractivity contribution >= 4 is 5.91 Å². The van der Waals surface area contributed by atoms with Gasteiger partial charge in [0.1, 0.15) is 5.75 Å². The molecule has 0 aromatic heterocycles. The van der Waals surface area contributed by atoms with Crippen molar-refractivity contribution in [1.29, 1.82) is 0 Å². The maximum atomic E-state index is 12.7. The maximum Gasteiger partial charge on any atom is 0.260 e. The van der Waals surface area contributed by atoms with E-state index in [4.69, 9.17) is 9.47 Å². The lowest BCUT2D eigenvalue weighted by molar-refractivity contribution is -0.146. The summed E-state index contributed by atoms with van der Waals surface area (Å²) in [6.07, 6.45) is 5.95. The second-order valence-electron chi connectivity index (χ2n) is 7.46. The summed E-state index contributed by atoms with van der Waals surface area (Å²) in [6.45, 7) is 1.72. The number of aliphatic hydroxyl groups excluding tert-OH is 1. The Bertz CT molecular complexity index is 632. The second-order valence-corrected chi connectivity index (χ2v) is 7.46. The van der Waals surface area contributed by atoms with E-state index < -0.39 is 0 Å². The number of rotatable bonds is 4. The molecule has 0 spiro atoms. The van der Waals surface area contributed by atoms with E-state index in [9.17, 15) is 9.90 Å². The number of carbonyl (C=O) groups excluding carboxylic acids is 1. The third-order valence-electron chi connectivity index (χ3n) is 5.94. The standard InChI is InChI=1S/C20H27NO4/c22-19-6-2-5-17(19)18-12-24-10-9-21(18)20(23)13-25-16-8-7-14-3-1-4-15(14)11-16/h7-8,11,17-19,22H,1-6,9-10,12-13H2/t17-,18-,19+/m1/s1. The van der Waals surface area contributed by atoms with E-state index >= 15 is 0 Å². The molecule has 25 heavy (non-hydrogen) atoms. The molecule has 0 unspecified atom stereocenters. The molecule has 3 atom stereocenters. The summed E-state index contributed by atoms with van der Waals surface area (Å²) in [6, 6.07) is 6.14. The molecule has 1 aromatic rings. The van der Waals surface area contributed by atoms with Gasteiger partial charge in [0.15, 0.2) is 6.61 Å². The van der Waals surface area contributed by atoms with Crippen molar-refractivity contribution in [2.45, 2.75) is 50.7 Å². The van der Waals surface area contributed by atoms with Crippen molar-refractivity contribution in [3.63, 3.8) is 0 Å². The Kier molecular flexibility index (Phi) is 4.95. The van der Waals surface area contributed by atoms with Gasteiger partial charge in [0, 0.05) is 12.5 Å². The summed E-state index contributed by atoms with van der Waals surface area (Å²) in [5, 5.41) is 10.2. The summed E-state index contributed by atoms with van der Waals surface area (Å²) in [5.41, 5.74) is 2.76. The smallest absolute Gasteiger partial charge is 0.260 e. The van der Waals surface area contributed by atoms with Crippen LogP contribution in [0.15, 0.2) is 18.2 Å². The van der Waals surface area contributed by atoms with Crippen LogP contribution >= 0.6 is 0 Å². The van der Waals surface area contributed by atoms with Gasteiger partial charge in [0.25, 0.3) is 5.91 Å².